The monoisotopic (exact) mass is 788 g/mol. The van der Waals surface area contributed by atoms with Crippen molar-refractivity contribution in [3.63, 3.8) is 0 Å². The molecule has 3 heterocycles. The number of rotatable bonds is 10. The highest BCUT2D eigenvalue weighted by Gasteiger charge is 2.53. The van der Waals surface area contributed by atoms with E-state index in [4.69, 9.17) is 34.0 Å². The molecule has 0 aromatic heterocycles. The molecule has 17 heteroatoms. The topological polar surface area (TPSA) is 243 Å². The number of cyclic esters (lactones) is 1. The van der Waals surface area contributed by atoms with E-state index in [0.717, 1.165) is 0 Å². The number of likely N-dealkylation sites (N-methyl/N-ethyl adjacent to an activating group) is 1. The number of aliphatic hydroxyl groups is 5. The zero-order valence-electron chi connectivity index (χ0n) is 34.7. The molecule has 55 heavy (non-hydrogen) atoms. The van der Waals surface area contributed by atoms with Crippen molar-refractivity contribution in [1.29, 1.82) is 0 Å². The summed E-state index contributed by atoms with van der Waals surface area (Å²) in [6.07, 6.45) is -10.5. The van der Waals surface area contributed by atoms with Crippen LogP contribution in [-0.4, -0.2) is 154 Å². The van der Waals surface area contributed by atoms with Gasteiger partial charge in [-0.2, -0.15) is 0 Å². The predicted molar refractivity (Wildman–Crippen MR) is 199 cm³/mol. The van der Waals surface area contributed by atoms with Crippen LogP contribution < -0.4 is 0 Å². The molecular weight excluding hydrogens is 720 g/mol. The first-order valence-electron chi connectivity index (χ1n) is 19.6. The molecular formula is C38H68N4O13. The average molecular weight is 789 g/mol. The third-order valence-electron chi connectivity index (χ3n) is 12.3. The summed E-state index contributed by atoms with van der Waals surface area (Å²) >= 11 is 0. The lowest BCUT2D eigenvalue weighted by atomic mass is 9.74. The number of nitrogens with zero attached hydrogens (tertiary/aromatic N) is 4. The van der Waals surface area contributed by atoms with Crippen LogP contribution >= 0.6 is 0 Å². The van der Waals surface area contributed by atoms with Crippen molar-refractivity contribution in [2.45, 2.75) is 179 Å². The molecule has 3 saturated heterocycles. The van der Waals surface area contributed by atoms with Gasteiger partial charge in [0.2, 0.25) is 0 Å². The van der Waals surface area contributed by atoms with Gasteiger partial charge in [-0.1, -0.05) is 32.8 Å². The maximum Gasteiger partial charge on any atom is 0.311 e. The SMILES string of the molecule is CC[C@H]1OC(=O)[C@H](C)[C@@H](O[C@H]2C[C@@](C)(OC)[C@@H](O)[C@H](C)O2)[C@H](C)[C@@H](O[C@@H]2O[C@H](C)C[C@H](N(C)CCN=[N+]=[N-])[C@H]2O)[C@](C)(O)C[C@@H](C)C(=O)[C@H](C)[C@@H](O)[C@]1(C)O. The largest absolute Gasteiger partial charge is 0.459 e. The Hall–Kier alpha value is -1.99. The lowest BCUT2D eigenvalue weighted by Gasteiger charge is -2.49. The molecule has 3 aliphatic heterocycles. The van der Waals surface area contributed by atoms with E-state index in [2.05, 4.69) is 10.0 Å². The number of hydrogen-bond donors (Lipinski definition) is 5. The molecule has 0 unspecified atom stereocenters. The van der Waals surface area contributed by atoms with Crippen molar-refractivity contribution in [2.75, 3.05) is 27.2 Å². The summed E-state index contributed by atoms with van der Waals surface area (Å²) in [6, 6.07) is -0.487. The summed E-state index contributed by atoms with van der Waals surface area (Å²) in [7, 11) is 3.25. The molecule has 0 amide bonds. The molecule has 0 spiro atoms. The van der Waals surface area contributed by atoms with E-state index in [-0.39, 0.29) is 25.8 Å². The van der Waals surface area contributed by atoms with Crippen LogP contribution in [-0.2, 0) is 38.0 Å². The van der Waals surface area contributed by atoms with Gasteiger partial charge in [-0.15, -0.1) is 0 Å². The molecule has 0 radical (unpaired) electrons. The lowest BCUT2D eigenvalue weighted by molar-refractivity contribution is -0.318. The number of aliphatic hydroxyl groups excluding tert-OH is 3. The summed E-state index contributed by atoms with van der Waals surface area (Å²) < 4.78 is 37.2. The highest BCUT2D eigenvalue weighted by molar-refractivity contribution is 5.83. The number of esters is 1. The molecule has 0 saturated carbocycles. The zero-order chi connectivity index (χ0) is 41.8. The highest BCUT2D eigenvalue weighted by Crippen LogP contribution is 2.41. The van der Waals surface area contributed by atoms with Crippen molar-refractivity contribution in [3.05, 3.63) is 10.4 Å². The van der Waals surface area contributed by atoms with Gasteiger partial charge in [-0.25, -0.2) is 0 Å². The molecule has 3 fully saturated rings. The number of methoxy groups -OCH3 is 1. The molecule has 0 aromatic carbocycles. The van der Waals surface area contributed by atoms with E-state index in [1.54, 1.807) is 48.6 Å². The molecule has 18 atom stereocenters. The van der Waals surface area contributed by atoms with Gasteiger partial charge < -0.3 is 58.9 Å². The summed E-state index contributed by atoms with van der Waals surface area (Å²) in [4.78, 5) is 32.7. The van der Waals surface area contributed by atoms with E-state index in [1.165, 1.54) is 27.9 Å². The lowest BCUT2D eigenvalue weighted by Crippen LogP contribution is -2.61. The number of ketones is 1. The first kappa shape index (κ1) is 47.4. The second-order valence-corrected chi connectivity index (χ2v) is 16.9. The molecule has 5 N–H and O–H groups in total. The number of ether oxygens (including phenoxy) is 6. The third kappa shape index (κ3) is 10.7. The Balaban J connectivity index is 2.17. The molecule has 318 valence electrons. The first-order chi connectivity index (χ1) is 25.5. The minimum absolute atomic E-state index is 0.0651. The maximum atomic E-state index is 14.2. The fraction of sp³-hybridized carbons (Fsp3) is 0.947. The molecule has 0 aromatic rings. The van der Waals surface area contributed by atoms with Gasteiger partial charge in [-0.3, -0.25) is 9.59 Å². The Bertz CT molecular complexity index is 1330. The second-order valence-electron chi connectivity index (χ2n) is 16.9. The van der Waals surface area contributed by atoms with Gasteiger partial charge in [0.05, 0.1) is 47.6 Å². The first-order valence-corrected chi connectivity index (χ1v) is 19.6. The van der Waals surface area contributed by atoms with E-state index < -0.39 is 120 Å². The predicted octanol–water partition coefficient (Wildman–Crippen LogP) is 2.47. The van der Waals surface area contributed by atoms with Gasteiger partial charge in [0.25, 0.3) is 0 Å². The van der Waals surface area contributed by atoms with Gasteiger partial charge in [0.15, 0.2) is 12.6 Å². The summed E-state index contributed by atoms with van der Waals surface area (Å²) in [5, 5.41) is 61.7. The third-order valence-corrected chi connectivity index (χ3v) is 12.3. The van der Waals surface area contributed by atoms with Crippen LogP contribution in [0.1, 0.15) is 94.9 Å². The van der Waals surface area contributed by atoms with Gasteiger partial charge in [-0.05, 0) is 73.4 Å². The standard InChI is InChI=1S/C38H68N4O13/c1-13-26-38(10,49)31(45)21(4)28(43)19(2)17-36(8,48)33(55-35-29(44)25(16-20(3)51-35)42(11)15-14-40-41-39)22(5)30(23(6)34(47)53-26)54-27-18-37(9,50-12)32(46)24(7)52-27/h19-27,29-33,35,44-46,48-49H,13-18H2,1-12H3/t19-,20-,21+,22+,23-,24+,25+,26-,27+,29-,30+,31-,32+,33-,35+,36-,37-,38-/m1/s1. The Kier molecular flexibility index (Phi) is 16.5. The number of Topliss-reactive ketones (excluding diaryl/α,β-unsaturated/α-hetero) is 1. The number of carbonyl (C=O) groups excluding carboxylic acids is 2. The van der Waals surface area contributed by atoms with Crippen LogP contribution in [0.15, 0.2) is 5.11 Å². The normalized spacial score (nSPS) is 46.8. The smallest absolute Gasteiger partial charge is 0.311 e. The Labute approximate surface area is 325 Å². The minimum atomic E-state index is -2.02. The summed E-state index contributed by atoms with van der Waals surface area (Å²) in [6.45, 7) is 16.6. The van der Waals surface area contributed by atoms with E-state index in [1.807, 2.05) is 11.8 Å². The molecule has 0 bridgehead atoms. The average Bonchev–Trinajstić information content (AvgIpc) is 3.12. The van der Waals surface area contributed by atoms with Crippen molar-refractivity contribution in [2.24, 2.45) is 28.8 Å². The number of hydrogen-bond acceptors (Lipinski definition) is 15. The number of azide groups is 1. The van der Waals surface area contributed by atoms with Crippen LogP contribution in [0.3, 0.4) is 0 Å². The molecule has 0 aliphatic carbocycles. The van der Waals surface area contributed by atoms with Crippen LogP contribution in [0.25, 0.3) is 10.4 Å². The Morgan fingerprint density at radius 1 is 0.964 bits per heavy atom. The van der Waals surface area contributed by atoms with E-state index in [9.17, 15) is 35.1 Å². The minimum Gasteiger partial charge on any atom is -0.459 e. The number of carbonyl (C=O) groups is 2. The molecule has 3 aliphatic rings. The van der Waals surface area contributed by atoms with Crippen molar-refractivity contribution in [1.82, 2.24) is 4.90 Å². The quantitative estimate of drug-likeness (QED) is 0.0925. The Morgan fingerprint density at radius 3 is 2.18 bits per heavy atom. The summed E-state index contributed by atoms with van der Waals surface area (Å²) in [5.74, 6) is -5.21. The fourth-order valence-electron chi connectivity index (χ4n) is 8.75. The molecule has 17 nitrogen and oxygen atoms in total. The highest BCUT2D eigenvalue weighted by atomic mass is 16.7. The van der Waals surface area contributed by atoms with Crippen molar-refractivity contribution in [3.8, 4) is 0 Å². The zero-order valence-corrected chi connectivity index (χ0v) is 34.7. The fourth-order valence-corrected chi connectivity index (χ4v) is 8.75. The van der Waals surface area contributed by atoms with Gasteiger partial charge >= 0.3 is 5.97 Å². The van der Waals surface area contributed by atoms with Crippen LogP contribution in [0.2, 0.25) is 0 Å². The van der Waals surface area contributed by atoms with Crippen LogP contribution in [0.4, 0.5) is 0 Å². The molecule has 3 rings (SSSR count). The van der Waals surface area contributed by atoms with E-state index in [0.29, 0.717) is 13.0 Å². The van der Waals surface area contributed by atoms with Crippen molar-refractivity contribution < 1.29 is 63.5 Å². The van der Waals surface area contributed by atoms with E-state index >= 15 is 0 Å². The van der Waals surface area contributed by atoms with Gasteiger partial charge in [0.1, 0.15) is 29.7 Å². The van der Waals surface area contributed by atoms with Crippen molar-refractivity contribution >= 4 is 11.8 Å². The second kappa shape index (κ2) is 19.2. The van der Waals surface area contributed by atoms with Crippen LogP contribution in [0, 0.1) is 23.7 Å². The van der Waals surface area contributed by atoms with Gasteiger partial charge in [0, 0.05) is 55.3 Å². The maximum absolute atomic E-state index is 14.2. The van der Waals surface area contributed by atoms with Crippen LogP contribution in [0.5, 0.6) is 0 Å². The summed E-state index contributed by atoms with van der Waals surface area (Å²) in [5.41, 5.74) is 3.82. The Morgan fingerprint density at radius 2 is 1.60 bits per heavy atom.